The SMILES string of the molecule is CCC[NH+]1CCC(Nc2ccc(S(=O)(=O)N(CC)c3ccccc3)c[nH+]2)CC1. The maximum absolute atomic E-state index is 13.0. The van der Waals surface area contributed by atoms with Gasteiger partial charge in [-0.15, -0.1) is 0 Å². The van der Waals surface area contributed by atoms with Crippen LogP contribution in [0.4, 0.5) is 11.5 Å². The van der Waals surface area contributed by atoms with E-state index in [4.69, 9.17) is 0 Å². The van der Waals surface area contributed by atoms with Crippen molar-refractivity contribution in [3.05, 3.63) is 48.7 Å². The Morgan fingerprint density at radius 1 is 1.11 bits per heavy atom. The van der Waals surface area contributed by atoms with Crippen LogP contribution >= 0.6 is 0 Å². The van der Waals surface area contributed by atoms with Crippen molar-refractivity contribution in [3.8, 4) is 0 Å². The maximum Gasteiger partial charge on any atom is 0.272 e. The molecule has 1 aromatic heterocycles. The van der Waals surface area contributed by atoms with Gasteiger partial charge in [-0.1, -0.05) is 25.1 Å². The molecule has 0 atom stereocenters. The molecule has 1 aromatic carbocycles. The van der Waals surface area contributed by atoms with Gasteiger partial charge in [0.25, 0.3) is 15.8 Å². The van der Waals surface area contributed by atoms with E-state index >= 15 is 0 Å². The summed E-state index contributed by atoms with van der Waals surface area (Å²) in [6.45, 7) is 8.10. The number of hydrogen-bond acceptors (Lipinski definition) is 3. The van der Waals surface area contributed by atoms with Gasteiger partial charge >= 0.3 is 0 Å². The molecule has 0 saturated carbocycles. The maximum atomic E-state index is 13.0. The number of piperidine rings is 1. The first-order chi connectivity index (χ1) is 13.5. The molecule has 0 bridgehead atoms. The van der Waals surface area contributed by atoms with E-state index in [9.17, 15) is 8.42 Å². The molecule has 0 amide bonds. The van der Waals surface area contributed by atoms with Crippen LogP contribution in [0.25, 0.3) is 0 Å². The number of para-hydroxylation sites is 1. The summed E-state index contributed by atoms with van der Waals surface area (Å²) in [5, 5.41) is 3.52. The molecule has 1 fully saturated rings. The van der Waals surface area contributed by atoms with Gasteiger partial charge in [-0.25, -0.2) is 13.4 Å². The summed E-state index contributed by atoms with van der Waals surface area (Å²) in [6.07, 6.45) is 5.09. The molecule has 2 heterocycles. The highest BCUT2D eigenvalue weighted by molar-refractivity contribution is 7.92. The Kier molecular flexibility index (Phi) is 6.91. The van der Waals surface area contributed by atoms with Gasteiger partial charge in [0.15, 0.2) is 0 Å². The molecule has 3 N–H and O–H groups in total. The molecule has 0 radical (unpaired) electrons. The summed E-state index contributed by atoms with van der Waals surface area (Å²) in [7, 11) is -3.60. The Morgan fingerprint density at radius 2 is 1.82 bits per heavy atom. The first-order valence-corrected chi connectivity index (χ1v) is 11.7. The highest BCUT2D eigenvalue weighted by Gasteiger charge is 2.27. The molecule has 28 heavy (non-hydrogen) atoms. The minimum absolute atomic E-state index is 0.269. The zero-order valence-corrected chi connectivity index (χ0v) is 17.6. The molecule has 7 heteroatoms. The van der Waals surface area contributed by atoms with Crippen LogP contribution in [0, 0.1) is 0 Å². The van der Waals surface area contributed by atoms with Crippen LogP contribution in [0.5, 0.6) is 0 Å². The van der Waals surface area contributed by atoms with Crippen LogP contribution in [-0.2, 0) is 10.0 Å². The van der Waals surface area contributed by atoms with Gasteiger partial charge in [-0.05, 0) is 31.5 Å². The summed E-state index contributed by atoms with van der Waals surface area (Å²) in [6, 6.07) is 13.2. The van der Waals surface area contributed by atoms with E-state index in [-0.39, 0.29) is 4.90 Å². The largest absolute Gasteiger partial charge is 0.335 e. The lowest BCUT2D eigenvalue weighted by atomic mass is 10.0. The number of rotatable bonds is 8. The third-order valence-electron chi connectivity index (χ3n) is 5.36. The Balaban J connectivity index is 1.66. The molecule has 0 aliphatic carbocycles. The van der Waals surface area contributed by atoms with Crippen molar-refractivity contribution >= 4 is 21.5 Å². The Labute approximate surface area is 168 Å². The Hall–Kier alpha value is -2.12. The number of H-pyrrole nitrogens is 1. The fourth-order valence-electron chi connectivity index (χ4n) is 3.87. The molecule has 1 aliphatic heterocycles. The van der Waals surface area contributed by atoms with E-state index in [1.165, 1.54) is 30.4 Å². The van der Waals surface area contributed by atoms with Crippen LogP contribution < -0.4 is 19.5 Å². The number of aromatic nitrogens is 1. The average molecular weight is 405 g/mol. The standard InChI is InChI=1S/C21H30N4O2S/c1-3-14-24-15-12-18(13-16-24)23-21-11-10-20(17-22-21)28(26,27)25(4-2)19-8-6-5-7-9-19/h5-11,17-18H,3-4,12-16H2,1-2H3,(H,22,23)/p+2. The van der Waals surface area contributed by atoms with Crippen LogP contribution in [0.15, 0.2) is 53.6 Å². The third kappa shape index (κ3) is 4.83. The van der Waals surface area contributed by atoms with Crippen LogP contribution in [0.1, 0.15) is 33.1 Å². The van der Waals surface area contributed by atoms with Gasteiger partial charge in [0.1, 0.15) is 17.1 Å². The lowest BCUT2D eigenvalue weighted by Crippen LogP contribution is -3.13. The minimum Gasteiger partial charge on any atom is -0.335 e. The predicted octanol–water partition coefficient (Wildman–Crippen LogP) is 1.59. The average Bonchev–Trinajstić information content (AvgIpc) is 2.71. The summed E-state index contributed by atoms with van der Waals surface area (Å²) in [4.78, 5) is 5.09. The number of pyridine rings is 1. The Morgan fingerprint density at radius 3 is 2.39 bits per heavy atom. The second-order valence-corrected chi connectivity index (χ2v) is 9.22. The minimum atomic E-state index is -3.60. The number of benzene rings is 1. The number of quaternary nitrogens is 1. The number of sulfonamides is 1. The zero-order chi connectivity index (χ0) is 20.0. The van der Waals surface area contributed by atoms with Gasteiger partial charge in [-0.3, -0.25) is 9.62 Å². The molecule has 3 rings (SSSR count). The van der Waals surface area contributed by atoms with E-state index < -0.39 is 10.0 Å². The summed E-state index contributed by atoms with van der Waals surface area (Å²) < 4.78 is 27.5. The van der Waals surface area contributed by atoms with Crippen molar-refractivity contribution in [3.63, 3.8) is 0 Å². The van der Waals surface area contributed by atoms with Crippen molar-refractivity contribution in [1.29, 1.82) is 0 Å². The normalized spacial score (nSPS) is 19.9. The van der Waals surface area contributed by atoms with Crippen molar-refractivity contribution < 1.29 is 18.3 Å². The van der Waals surface area contributed by atoms with Gasteiger partial charge in [0, 0.05) is 25.5 Å². The molecular formula is C21H32N4O2S+2. The highest BCUT2D eigenvalue weighted by atomic mass is 32.2. The number of aromatic amines is 1. The monoisotopic (exact) mass is 404 g/mol. The highest BCUT2D eigenvalue weighted by Crippen LogP contribution is 2.22. The first-order valence-electron chi connectivity index (χ1n) is 10.2. The summed E-state index contributed by atoms with van der Waals surface area (Å²) in [5.41, 5.74) is 0.675. The third-order valence-corrected chi connectivity index (χ3v) is 7.26. The number of nitrogens with zero attached hydrogens (tertiary/aromatic N) is 1. The summed E-state index contributed by atoms with van der Waals surface area (Å²) in [5.74, 6) is 0.866. The van der Waals surface area contributed by atoms with Crippen molar-refractivity contribution in [2.45, 2.75) is 44.0 Å². The molecule has 0 unspecified atom stereocenters. The van der Waals surface area contributed by atoms with E-state index in [1.807, 2.05) is 43.3 Å². The van der Waals surface area contributed by atoms with Gasteiger partial charge in [0.2, 0.25) is 0 Å². The van der Waals surface area contributed by atoms with Crippen LogP contribution in [0.2, 0.25) is 0 Å². The predicted molar refractivity (Wildman–Crippen MR) is 112 cm³/mol. The topological polar surface area (TPSA) is 68.0 Å². The molecule has 2 aromatic rings. The van der Waals surface area contributed by atoms with Crippen LogP contribution in [0.3, 0.4) is 0 Å². The quantitative estimate of drug-likeness (QED) is 0.702. The fraction of sp³-hybridized carbons (Fsp3) is 0.476. The van der Waals surface area contributed by atoms with E-state index in [1.54, 1.807) is 17.2 Å². The second-order valence-electron chi connectivity index (χ2n) is 7.36. The first kappa shape index (κ1) is 20.6. The molecule has 6 nitrogen and oxygen atoms in total. The van der Waals surface area contributed by atoms with Gasteiger partial charge in [0.05, 0.1) is 25.3 Å². The molecule has 1 aliphatic rings. The Bertz CT molecular complexity index is 832. The van der Waals surface area contributed by atoms with E-state index in [0.29, 0.717) is 18.3 Å². The van der Waals surface area contributed by atoms with E-state index in [0.717, 1.165) is 18.7 Å². The van der Waals surface area contributed by atoms with Gasteiger partial charge < -0.3 is 4.90 Å². The molecular weight excluding hydrogens is 372 g/mol. The second kappa shape index (κ2) is 9.39. The number of nitrogens with one attached hydrogen (secondary N) is 3. The summed E-state index contributed by atoms with van der Waals surface area (Å²) >= 11 is 0. The van der Waals surface area contributed by atoms with E-state index in [2.05, 4.69) is 17.2 Å². The lowest BCUT2D eigenvalue weighted by Gasteiger charge is -2.27. The van der Waals surface area contributed by atoms with Crippen LogP contribution in [-0.4, -0.2) is 40.6 Å². The van der Waals surface area contributed by atoms with Gasteiger partial charge in [-0.2, -0.15) is 0 Å². The smallest absolute Gasteiger partial charge is 0.272 e. The molecule has 152 valence electrons. The molecule has 1 saturated heterocycles. The van der Waals surface area contributed by atoms with Crippen molar-refractivity contribution in [2.75, 3.05) is 35.8 Å². The number of likely N-dealkylation sites (tertiary alicyclic amines) is 1. The number of anilines is 2. The lowest BCUT2D eigenvalue weighted by molar-refractivity contribution is -0.905. The van der Waals surface area contributed by atoms with Crippen molar-refractivity contribution in [1.82, 2.24) is 0 Å². The van der Waals surface area contributed by atoms with Crippen molar-refractivity contribution in [2.24, 2.45) is 0 Å². The zero-order valence-electron chi connectivity index (χ0n) is 16.8. The fourth-order valence-corrected chi connectivity index (χ4v) is 5.31. The number of hydrogen-bond donors (Lipinski definition) is 2. The molecule has 0 spiro atoms.